The van der Waals surface area contributed by atoms with Gasteiger partial charge in [-0.2, -0.15) is 0 Å². The normalized spacial score (nSPS) is 10.6. The Kier molecular flexibility index (Phi) is 4.21. The molecule has 0 bridgehead atoms. The van der Waals surface area contributed by atoms with Gasteiger partial charge >= 0.3 is 0 Å². The smallest absolute Gasteiger partial charge is 0.248 e. The third-order valence-electron chi connectivity index (χ3n) is 2.45. The number of nitrogens with one attached hydrogen (secondary N) is 1. The van der Waals surface area contributed by atoms with Crippen molar-refractivity contribution in [2.45, 2.75) is 0 Å². The van der Waals surface area contributed by atoms with Gasteiger partial charge in [0, 0.05) is 22.5 Å². The Morgan fingerprint density at radius 2 is 1.89 bits per heavy atom. The van der Waals surface area contributed by atoms with Crippen LogP contribution >= 0.6 is 11.6 Å². The number of hydrogen-bond donors (Lipinski definition) is 2. The van der Waals surface area contributed by atoms with Gasteiger partial charge in [-0.05, 0) is 48.0 Å². The van der Waals surface area contributed by atoms with E-state index in [4.69, 9.17) is 17.3 Å². The van der Waals surface area contributed by atoms with Gasteiger partial charge in [0.05, 0.1) is 0 Å². The number of carbonyl (C=O) groups is 1. The molecule has 0 fully saturated rings. The Morgan fingerprint density at radius 1 is 1.16 bits per heavy atom. The van der Waals surface area contributed by atoms with Gasteiger partial charge in [0.25, 0.3) is 0 Å². The van der Waals surface area contributed by atoms with Crippen molar-refractivity contribution in [1.29, 1.82) is 0 Å². The van der Waals surface area contributed by atoms with E-state index in [9.17, 15) is 4.79 Å². The minimum Gasteiger partial charge on any atom is -0.399 e. The summed E-state index contributed by atoms with van der Waals surface area (Å²) >= 11 is 5.77. The molecule has 0 aromatic heterocycles. The van der Waals surface area contributed by atoms with E-state index in [1.807, 2.05) is 12.1 Å². The summed E-state index contributed by atoms with van der Waals surface area (Å²) in [4.78, 5) is 11.7. The molecule has 0 saturated heterocycles. The first-order chi connectivity index (χ1) is 9.13. The minimum atomic E-state index is -0.204. The Morgan fingerprint density at radius 3 is 2.58 bits per heavy atom. The topological polar surface area (TPSA) is 55.1 Å². The number of rotatable bonds is 3. The molecular weight excluding hydrogens is 260 g/mol. The van der Waals surface area contributed by atoms with E-state index in [1.54, 1.807) is 42.5 Å². The average Bonchev–Trinajstić information content (AvgIpc) is 2.39. The monoisotopic (exact) mass is 272 g/mol. The Balaban J connectivity index is 1.99. The van der Waals surface area contributed by atoms with E-state index in [0.717, 1.165) is 5.56 Å². The number of nitrogens with two attached hydrogens (primary N) is 1. The van der Waals surface area contributed by atoms with E-state index in [1.165, 1.54) is 6.08 Å². The molecule has 0 radical (unpaired) electrons. The summed E-state index contributed by atoms with van der Waals surface area (Å²) in [5.74, 6) is -0.204. The van der Waals surface area contributed by atoms with Crippen molar-refractivity contribution in [3.63, 3.8) is 0 Å². The summed E-state index contributed by atoms with van der Waals surface area (Å²) in [7, 11) is 0. The Labute approximate surface area is 116 Å². The molecule has 3 nitrogen and oxygen atoms in total. The van der Waals surface area contributed by atoms with Gasteiger partial charge in [-0.15, -0.1) is 0 Å². The lowest BCUT2D eigenvalue weighted by atomic mass is 10.2. The van der Waals surface area contributed by atoms with Crippen LogP contribution in [0.25, 0.3) is 6.08 Å². The predicted molar refractivity (Wildman–Crippen MR) is 80.0 cm³/mol. The standard InChI is InChI=1S/C15H13ClN2O/c16-12-5-7-14(8-6-12)18-15(19)9-4-11-2-1-3-13(17)10-11/h1-10H,17H2,(H,18,19)/b9-4+. The van der Waals surface area contributed by atoms with Crippen LogP contribution in [-0.2, 0) is 4.79 Å². The van der Waals surface area contributed by atoms with Gasteiger partial charge in [0.15, 0.2) is 0 Å². The fourth-order valence-electron chi connectivity index (χ4n) is 1.55. The first kappa shape index (κ1) is 13.2. The quantitative estimate of drug-likeness (QED) is 0.663. The van der Waals surface area contributed by atoms with Crippen LogP contribution in [-0.4, -0.2) is 5.91 Å². The van der Waals surface area contributed by atoms with Crippen molar-refractivity contribution >= 4 is 35.0 Å². The van der Waals surface area contributed by atoms with Crippen molar-refractivity contribution in [1.82, 2.24) is 0 Å². The molecule has 2 aromatic carbocycles. The zero-order valence-electron chi connectivity index (χ0n) is 10.1. The summed E-state index contributed by atoms with van der Waals surface area (Å²) in [6.07, 6.45) is 3.17. The molecule has 4 heteroatoms. The third-order valence-corrected chi connectivity index (χ3v) is 2.70. The van der Waals surface area contributed by atoms with Crippen LogP contribution in [0.4, 0.5) is 11.4 Å². The molecule has 2 rings (SSSR count). The van der Waals surface area contributed by atoms with E-state index < -0.39 is 0 Å². The first-order valence-electron chi connectivity index (χ1n) is 5.74. The van der Waals surface area contributed by atoms with Gasteiger partial charge in [0.2, 0.25) is 5.91 Å². The number of halogens is 1. The lowest BCUT2D eigenvalue weighted by Gasteiger charge is -2.01. The molecule has 1 amide bonds. The maximum absolute atomic E-state index is 11.7. The van der Waals surface area contributed by atoms with Crippen LogP contribution < -0.4 is 11.1 Å². The molecule has 96 valence electrons. The van der Waals surface area contributed by atoms with Gasteiger partial charge < -0.3 is 11.1 Å². The summed E-state index contributed by atoms with van der Waals surface area (Å²) in [5, 5.41) is 3.37. The first-order valence-corrected chi connectivity index (χ1v) is 6.11. The van der Waals surface area contributed by atoms with E-state index in [0.29, 0.717) is 16.4 Å². The molecule has 19 heavy (non-hydrogen) atoms. The summed E-state index contributed by atoms with van der Waals surface area (Å²) in [5.41, 5.74) is 7.90. The van der Waals surface area contributed by atoms with E-state index >= 15 is 0 Å². The van der Waals surface area contributed by atoms with Gasteiger partial charge in [-0.1, -0.05) is 23.7 Å². The SMILES string of the molecule is Nc1cccc(/C=C/C(=O)Nc2ccc(Cl)cc2)c1. The van der Waals surface area contributed by atoms with Crippen molar-refractivity contribution in [2.24, 2.45) is 0 Å². The van der Waals surface area contributed by atoms with E-state index in [-0.39, 0.29) is 5.91 Å². The van der Waals surface area contributed by atoms with Crippen molar-refractivity contribution in [3.8, 4) is 0 Å². The number of carbonyl (C=O) groups excluding carboxylic acids is 1. The minimum absolute atomic E-state index is 0.204. The Bertz CT molecular complexity index is 606. The number of anilines is 2. The molecule has 0 unspecified atom stereocenters. The number of amides is 1. The summed E-state index contributed by atoms with van der Waals surface area (Å²) in [6, 6.07) is 14.2. The van der Waals surface area contributed by atoms with E-state index in [2.05, 4.69) is 5.32 Å². The molecule has 3 N–H and O–H groups in total. The maximum Gasteiger partial charge on any atom is 0.248 e. The van der Waals surface area contributed by atoms with Crippen molar-refractivity contribution in [2.75, 3.05) is 11.1 Å². The highest BCUT2D eigenvalue weighted by molar-refractivity contribution is 6.30. The lowest BCUT2D eigenvalue weighted by molar-refractivity contribution is -0.111. The second-order valence-corrected chi connectivity index (χ2v) is 4.44. The Hall–Kier alpha value is -2.26. The van der Waals surface area contributed by atoms with Crippen LogP contribution in [0.3, 0.4) is 0 Å². The molecule has 0 aliphatic carbocycles. The molecular formula is C15H13ClN2O. The highest BCUT2D eigenvalue weighted by Gasteiger charge is 1.97. The van der Waals surface area contributed by atoms with Gasteiger partial charge in [0.1, 0.15) is 0 Å². The molecule has 0 spiro atoms. The maximum atomic E-state index is 11.7. The molecule has 0 aliphatic rings. The fraction of sp³-hybridized carbons (Fsp3) is 0. The lowest BCUT2D eigenvalue weighted by Crippen LogP contribution is -2.07. The summed E-state index contributed by atoms with van der Waals surface area (Å²) < 4.78 is 0. The molecule has 2 aromatic rings. The number of nitrogen functional groups attached to an aromatic ring is 1. The molecule has 0 saturated carbocycles. The zero-order chi connectivity index (χ0) is 13.7. The zero-order valence-corrected chi connectivity index (χ0v) is 10.9. The molecule has 0 atom stereocenters. The van der Waals surface area contributed by atoms with Crippen LogP contribution in [0, 0.1) is 0 Å². The third kappa shape index (κ3) is 4.16. The summed E-state index contributed by atoms with van der Waals surface area (Å²) in [6.45, 7) is 0. The van der Waals surface area contributed by atoms with Crippen LogP contribution in [0.2, 0.25) is 5.02 Å². The van der Waals surface area contributed by atoms with Crippen LogP contribution in [0.5, 0.6) is 0 Å². The van der Waals surface area contributed by atoms with Crippen molar-refractivity contribution < 1.29 is 4.79 Å². The fourth-order valence-corrected chi connectivity index (χ4v) is 1.68. The highest BCUT2D eigenvalue weighted by atomic mass is 35.5. The van der Waals surface area contributed by atoms with Crippen LogP contribution in [0.15, 0.2) is 54.6 Å². The molecule has 0 aliphatic heterocycles. The average molecular weight is 273 g/mol. The molecule has 0 heterocycles. The van der Waals surface area contributed by atoms with Gasteiger partial charge in [-0.25, -0.2) is 0 Å². The predicted octanol–water partition coefficient (Wildman–Crippen LogP) is 3.57. The highest BCUT2D eigenvalue weighted by Crippen LogP contribution is 2.13. The second kappa shape index (κ2) is 6.07. The largest absolute Gasteiger partial charge is 0.399 e. The number of hydrogen-bond acceptors (Lipinski definition) is 2. The second-order valence-electron chi connectivity index (χ2n) is 4.00. The number of benzene rings is 2. The van der Waals surface area contributed by atoms with Crippen LogP contribution in [0.1, 0.15) is 5.56 Å². The van der Waals surface area contributed by atoms with Crippen molar-refractivity contribution in [3.05, 3.63) is 65.2 Å². The van der Waals surface area contributed by atoms with Gasteiger partial charge in [-0.3, -0.25) is 4.79 Å².